The molecule has 0 amide bonds. The first-order chi connectivity index (χ1) is 9.65. The Hall–Kier alpha value is -1.68. The van der Waals surface area contributed by atoms with Crippen LogP contribution in [0.25, 0.3) is 11.1 Å². The van der Waals surface area contributed by atoms with Crippen molar-refractivity contribution in [2.45, 2.75) is 39.8 Å². The molecule has 0 aliphatic carbocycles. The molecule has 2 aromatic rings. The van der Waals surface area contributed by atoms with Gasteiger partial charge in [-0.2, -0.15) is 5.10 Å². The highest BCUT2D eigenvalue weighted by Crippen LogP contribution is 2.26. The molecule has 0 spiro atoms. The molecule has 20 heavy (non-hydrogen) atoms. The minimum atomic E-state index is -0.200. The molecule has 0 bridgehead atoms. The topological polar surface area (TPSA) is 29.9 Å². The zero-order valence-electron chi connectivity index (χ0n) is 12.4. The van der Waals surface area contributed by atoms with Crippen molar-refractivity contribution in [2.24, 2.45) is 0 Å². The van der Waals surface area contributed by atoms with Crippen molar-refractivity contribution in [3.63, 3.8) is 0 Å². The van der Waals surface area contributed by atoms with Gasteiger partial charge in [0.05, 0.1) is 6.20 Å². The fourth-order valence-electron chi connectivity index (χ4n) is 2.31. The van der Waals surface area contributed by atoms with Gasteiger partial charge in [0.2, 0.25) is 0 Å². The van der Waals surface area contributed by atoms with Gasteiger partial charge in [-0.05, 0) is 37.6 Å². The molecule has 2 rings (SSSR count). The van der Waals surface area contributed by atoms with Gasteiger partial charge in [0, 0.05) is 29.9 Å². The van der Waals surface area contributed by atoms with Crippen LogP contribution >= 0.6 is 0 Å². The number of aromatic nitrogens is 2. The Morgan fingerprint density at radius 1 is 1.35 bits per heavy atom. The van der Waals surface area contributed by atoms with Crippen LogP contribution in [-0.4, -0.2) is 16.3 Å². The summed E-state index contributed by atoms with van der Waals surface area (Å²) in [5.74, 6) is -0.200. The molecule has 1 unspecified atom stereocenters. The van der Waals surface area contributed by atoms with E-state index in [0.29, 0.717) is 5.56 Å². The van der Waals surface area contributed by atoms with Crippen molar-refractivity contribution in [2.75, 3.05) is 6.54 Å². The van der Waals surface area contributed by atoms with Crippen LogP contribution in [-0.2, 0) is 6.54 Å². The molecular weight excluding hydrogens is 253 g/mol. The molecule has 0 radical (unpaired) electrons. The second kappa shape index (κ2) is 6.66. The van der Waals surface area contributed by atoms with E-state index in [4.69, 9.17) is 0 Å². The maximum absolute atomic E-state index is 14.0. The standard InChI is InChI=1S/C16H22FN3/c1-4-8-20-11-14(10-19-20)15-9-13(6-7-16(15)17)12(3)18-5-2/h6-7,9-12,18H,4-5,8H2,1-3H3. The lowest BCUT2D eigenvalue weighted by molar-refractivity contribution is 0.592. The van der Waals surface area contributed by atoms with Crippen LogP contribution in [0.5, 0.6) is 0 Å². The van der Waals surface area contributed by atoms with Crippen LogP contribution in [0.4, 0.5) is 4.39 Å². The van der Waals surface area contributed by atoms with Crippen LogP contribution < -0.4 is 5.32 Å². The van der Waals surface area contributed by atoms with Crippen LogP contribution in [0.2, 0.25) is 0 Å². The Bertz CT molecular complexity index is 563. The van der Waals surface area contributed by atoms with Gasteiger partial charge in [-0.25, -0.2) is 4.39 Å². The number of nitrogens with zero attached hydrogens (tertiary/aromatic N) is 2. The second-order valence-electron chi connectivity index (χ2n) is 5.01. The zero-order chi connectivity index (χ0) is 14.5. The van der Waals surface area contributed by atoms with Gasteiger partial charge in [0.15, 0.2) is 0 Å². The lowest BCUT2D eigenvalue weighted by Gasteiger charge is -2.14. The Kier molecular flexibility index (Phi) is 4.90. The van der Waals surface area contributed by atoms with Gasteiger partial charge >= 0.3 is 0 Å². The van der Waals surface area contributed by atoms with E-state index in [1.165, 1.54) is 6.07 Å². The summed E-state index contributed by atoms with van der Waals surface area (Å²) >= 11 is 0. The molecule has 0 aliphatic rings. The summed E-state index contributed by atoms with van der Waals surface area (Å²) in [4.78, 5) is 0. The van der Waals surface area contributed by atoms with Crippen molar-refractivity contribution in [1.29, 1.82) is 0 Å². The third kappa shape index (κ3) is 3.25. The largest absolute Gasteiger partial charge is 0.310 e. The first kappa shape index (κ1) is 14.7. The number of aryl methyl sites for hydroxylation is 1. The van der Waals surface area contributed by atoms with Crippen molar-refractivity contribution < 1.29 is 4.39 Å². The smallest absolute Gasteiger partial charge is 0.131 e. The highest BCUT2D eigenvalue weighted by molar-refractivity contribution is 5.63. The highest BCUT2D eigenvalue weighted by Gasteiger charge is 2.11. The van der Waals surface area contributed by atoms with Crippen molar-refractivity contribution in [3.8, 4) is 11.1 Å². The lowest BCUT2D eigenvalue weighted by Crippen LogP contribution is -2.17. The number of hydrogen-bond acceptors (Lipinski definition) is 2. The van der Waals surface area contributed by atoms with E-state index in [1.807, 2.05) is 23.0 Å². The van der Waals surface area contributed by atoms with E-state index in [9.17, 15) is 4.39 Å². The summed E-state index contributed by atoms with van der Waals surface area (Å²) in [7, 11) is 0. The molecule has 108 valence electrons. The van der Waals surface area contributed by atoms with E-state index in [1.54, 1.807) is 6.20 Å². The summed E-state index contributed by atoms with van der Waals surface area (Å²) in [6.07, 6.45) is 4.65. The number of rotatable bonds is 6. The molecule has 1 heterocycles. The fraction of sp³-hybridized carbons (Fsp3) is 0.438. The number of nitrogens with one attached hydrogen (secondary N) is 1. The quantitative estimate of drug-likeness (QED) is 0.869. The van der Waals surface area contributed by atoms with E-state index in [-0.39, 0.29) is 11.9 Å². The molecule has 0 aliphatic heterocycles. The average Bonchev–Trinajstić information content (AvgIpc) is 2.88. The first-order valence-electron chi connectivity index (χ1n) is 7.21. The average molecular weight is 275 g/mol. The summed E-state index contributed by atoms with van der Waals surface area (Å²) in [6, 6.07) is 5.50. The van der Waals surface area contributed by atoms with Crippen molar-refractivity contribution in [1.82, 2.24) is 15.1 Å². The third-order valence-electron chi connectivity index (χ3n) is 3.40. The van der Waals surface area contributed by atoms with Crippen LogP contribution in [0.3, 0.4) is 0 Å². The van der Waals surface area contributed by atoms with E-state index < -0.39 is 0 Å². The summed E-state index contributed by atoms with van der Waals surface area (Å²) in [5.41, 5.74) is 2.54. The predicted octanol–water partition coefficient (Wildman–Crippen LogP) is 3.77. The van der Waals surface area contributed by atoms with Gasteiger partial charge in [0.1, 0.15) is 5.82 Å². The number of halogens is 1. The van der Waals surface area contributed by atoms with Crippen molar-refractivity contribution in [3.05, 3.63) is 42.0 Å². The highest BCUT2D eigenvalue weighted by atomic mass is 19.1. The van der Waals surface area contributed by atoms with Crippen molar-refractivity contribution >= 4 is 0 Å². The molecule has 1 atom stereocenters. The summed E-state index contributed by atoms with van der Waals surface area (Å²) in [5, 5.41) is 7.61. The first-order valence-corrected chi connectivity index (χ1v) is 7.21. The predicted molar refractivity (Wildman–Crippen MR) is 80.0 cm³/mol. The molecule has 1 N–H and O–H groups in total. The van der Waals surface area contributed by atoms with Crippen LogP contribution in [0.1, 0.15) is 38.8 Å². The molecule has 0 fully saturated rings. The molecule has 3 nitrogen and oxygen atoms in total. The minimum absolute atomic E-state index is 0.200. The van der Waals surface area contributed by atoms with Gasteiger partial charge in [-0.1, -0.05) is 19.9 Å². The Morgan fingerprint density at radius 2 is 2.15 bits per heavy atom. The second-order valence-corrected chi connectivity index (χ2v) is 5.01. The SMILES string of the molecule is CCCn1cc(-c2cc(C(C)NCC)ccc2F)cn1. The zero-order valence-corrected chi connectivity index (χ0v) is 12.4. The maximum Gasteiger partial charge on any atom is 0.131 e. The van der Waals surface area contributed by atoms with Gasteiger partial charge in [-0.15, -0.1) is 0 Å². The Balaban J connectivity index is 2.31. The normalized spacial score (nSPS) is 12.6. The fourth-order valence-corrected chi connectivity index (χ4v) is 2.31. The Labute approximate surface area is 119 Å². The summed E-state index contributed by atoms with van der Waals surface area (Å²) in [6.45, 7) is 7.99. The Morgan fingerprint density at radius 3 is 2.85 bits per heavy atom. The molecule has 1 aromatic carbocycles. The molecule has 1 aromatic heterocycles. The number of hydrogen-bond donors (Lipinski definition) is 1. The monoisotopic (exact) mass is 275 g/mol. The lowest BCUT2D eigenvalue weighted by atomic mass is 10.0. The summed E-state index contributed by atoms with van der Waals surface area (Å²) < 4.78 is 15.9. The van der Waals surface area contributed by atoms with E-state index in [2.05, 4.69) is 31.2 Å². The van der Waals surface area contributed by atoms with E-state index >= 15 is 0 Å². The molecule has 4 heteroatoms. The van der Waals surface area contributed by atoms with Crippen LogP contribution in [0.15, 0.2) is 30.6 Å². The third-order valence-corrected chi connectivity index (χ3v) is 3.40. The van der Waals surface area contributed by atoms with Gasteiger partial charge in [0.25, 0.3) is 0 Å². The van der Waals surface area contributed by atoms with E-state index in [0.717, 1.165) is 30.6 Å². The maximum atomic E-state index is 14.0. The number of benzene rings is 1. The molecule has 0 saturated carbocycles. The van der Waals surface area contributed by atoms with Gasteiger partial charge in [-0.3, -0.25) is 4.68 Å². The minimum Gasteiger partial charge on any atom is -0.310 e. The molecule has 0 saturated heterocycles. The van der Waals surface area contributed by atoms with Crippen LogP contribution in [0, 0.1) is 5.82 Å². The molecular formula is C16H22FN3. The van der Waals surface area contributed by atoms with Gasteiger partial charge < -0.3 is 5.32 Å².